The first-order valence-corrected chi connectivity index (χ1v) is 4.38. The summed E-state index contributed by atoms with van der Waals surface area (Å²) >= 11 is 0. The molecule has 0 saturated carbocycles. The van der Waals surface area contributed by atoms with Crippen molar-refractivity contribution in [1.29, 1.82) is 5.26 Å². The summed E-state index contributed by atoms with van der Waals surface area (Å²) in [5.41, 5.74) is 1.33. The molecule has 5 nitrogen and oxygen atoms in total. The minimum atomic E-state index is -0.237. The Morgan fingerprint density at radius 2 is 2.13 bits per heavy atom. The summed E-state index contributed by atoms with van der Waals surface area (Å²) < 4.78 is 1.46. The van der Waals surface area contributed by atoms with Gasteiger partial charge in [0.2, 0.25) is 0 Å². The van der Waals surface area contributed by atoms with E-state index in [-0.39, 0.29) is 5.69 Å². The van der Waals surface area contributed by atoms with Crippen LogP contribution in [0.4, 0.5) is 0 Å². The minimum absolute atomic E-state index is 0.237. The number of H-pyrrole nitrogens is 1. The Labute approximate surface area is 85.6 Å². The molecule has 1 aromatic heterocycles. The van der Waals surface area contributed by atoms with Crippen molar-refractivity contribution >= 4 is 0 Å². The van der Waals surface area contributed by atoms with E-state index in [4.69, 9.17) is 5.26 Å². The van der Waals surface area contributed by atoms with Gasteiger partial charge < -0.3 is 0 Å². The van der Waals surface area contributed by atoms with Crippen LogP contribution in [0.3, 0.4) is 0 Å². The van der Waals surface area contributed by atoms with Crippen LogP contribution < -0.4 is 5.69 Å². The third kappa shape index (κ3) is 1.94. The average Bonchev–Trinajstić information content (AvgIpc) is 2.66. The van der Waals surface area contributed by atoms with Gasteiger partial charge in [-0.3, -0.25) is 4.57 Å². The summed E-state index contributed by atoms with van der Waals surface area (Å²) in [4.78, 5) is 11.1. The topological polar surface area (TPSA) is 74.5 Å². The minimum Gasteiger partial charge on any atom is -0.277 e. The number of nitrogens with one attached hydrogen (secondary N) is 1. The Bertz CT molecular complexity index is 544. The van der Waals surface area contributed by atoms with Gasteiger partial charge in [0.1, 0.15) is 6.33 Å². The number of rotatable bonds is 2. The Morgan fingerprint density at radius 3 is 2.67 bits per heavy atom. The van der Waals surface area contributed by atoms with Crippen LogP contribution in [0.25, 0.3) is 0 Å². The van der Waals surface area contributed by atoms with E-state index in [1.165, 1.54) is 10.9 Å². The summed E-state index contributed by atoms with van der Waals surface area (Å²) in [5, 5.41) is 14.6. The lowest BCUT2D eigenvalue weighted by Crippen LogP contribution is -2.16. The molecule has 1 heterocycles. The van der Waals surface area contributed by atoms with Crippen LogP contribution in [0.5, 0.6) is 0 Å². The van der Waals surface area contributed by atoms with E-state index < -0.39 is 0 Å². The number of nitrogens with zero attached hydrogens (tertiary/aromatic N) is 3. The van der Waals surface area contributed by atoms with E-state index in [0.29, 0.717) is 12.1 Å². The zero-order chi connectivity index (χ0) is 10.7. The van der Waals surface area contributed by atoms with Gasteiger partial charge in [-0.2, -0.15) is 10.4 Å². The number of aromatic nitrogens is 3. The first-order valence-electron chi connectivity index (χ1n) is 4.38. The lowest BCUT2D eigenvalue weighted by atomic mass is 10.1. The predicted molar refractivity (Wildman–Crippen MR) is 53.1 cm³/mol. The maximum absolute atomic E-state index is 11.1. The highest BCUT2D eigenvalue weighted by Crippen LogP contribution is 2.03. The second-order valence-corrected chi connectivity index (χ2v) is 3.10. The van der Waals surface area contributed by atoms with Gasteiger partial charge in [-0.05, 0) is 17.7 Å². The molecule has 1 aromatic carbocycles. The van der Waals surface area contributed by atoms with Crippen molar-refractivity contribution < 1.29 is 0 Å². The Hall–Kier alpha value is -2.35. The van der Waals surface area contributed by atoms with Crippen molar-refractivity contribution in [3.8, 4) is 6.07 Å². The number of benzene rings is 1. The van der Waals surface area contributed by atoms with Gasteiger partial charge in [0, 0.05) is 0 Å². The van der Waals surface area contributed by atoms with Crippen molar-refractivity contribution in [2.45, 2.75) is 6.54 Å². The molecule has 1 N–H and O–H groups in total. The molecule has 0 fully saturated rings. The Balaban J connectivity index is 2.23. The fourth-order valence-corrected chi connectivity index (χ4v) is 1.26. The van der Waals surface area contributed by atoms with Crippen LogP contribution in [0.1, 0.15) is 11.1 Å². The molecule has 0 aliphatic heterocycles. The monoisotopic (exact) mass is 200 g/mol. The zero-order valence-corrected chi connectivity index (χ0v) is 7.84. The summed E-state index contributed by atoms with van der Waals surface area (Å²) in [6.07, 6.45) is 1.44. The van der Waals surface area contributed by atoms with Crippen LogP contribution >= 0.6 is 0 Å². The maximum Gasteiger partial charge on any atom is 0.343 e. The second kappa shape index (κ2) is 3.80. The van der Waals surface area contributed by atoms with Gasteiger partial charge in [-0.1, -0.05) is 12.1 Å². The molecule has 0 spiro atoms. The Kier molecular flexibility index (Phi) is 2.33. The highest BCUT2D eigenvalue weighted by Gasteiger charge is 1.98. The van der Waals surface area contributed by atoms with Crippen LogP contribution in [-0.4, -0.2) is 14.8 Å². The van der Waals surface area contributed by atoms with E-state index in [1.807, 2.05) is 18.2 Å². The molecule has 0 amide bonds. The van der Waals surface area contributed by atoms with Crippen molar-refractivity contribution in [3.63, 3.8) is 0 Å². The molecule has 2 aromatic rings. The van der Waals surface area contributed by atoms with E-state index in [1.54, 1.807) is 12.1 Å². The quantitative estimate of drug-likeness (QED) is 0.766. The smallest absolute Gasteiger partial charge is 0.277 e. The SMILES string of the molecule is N#Cc1ccc(Cn2cn[nH]c2=O)cc1. The molecule has 2 rings (SSSR count). The number of hydrogen-bond acceptors (Lipinski definition) is 3. The molecule has 0 saturated heterocycles. The molecular weight excluding hydrogens is 192 g/mol. The fourth-order valence-electron chi connectivity index (χ4n) is 1.26. The zero-order valence-electron chi connectivity index (χ0n) is 7.84. The molecule has 15 heavy (non-hydrogen) atoms. The van der Waals surface area contributed by atoms with Crippen LogP contribution in [0, 0.1) is 11.3 Å². The highest BCUT2D eigenvalue weighted by atomic mass is 16.1. The largest absolute Gasteiger partial charge is 0.343 e. The molecule has 0 unspecified atom stereocenters. The maximum atomic E-state index is 11.1. The molecule has 0 bridgehead atoms. The second-order valence-electron chi connectivity index (χ2n) is 3.10. The summed E-state index contributed by atoms with van der Waals surface area (Å²) in [5.74, 6) is 0. The highest BCUT2D eigenvalue weighted by molar-refractivity contribution is 5.31. The molecule has 0 aliphatic carbocycles. The first-order chi connectivity index (χ1) is 7.29. The first kappa shape index (κ1) is 9.21. The molecule has 0 radical (unpaired) electrons. The van der Waals surface area contributed by atoms with Crippen molar-refractivity contribution in [3.05, 3.63) is 52.2 Å². The third-order valence-corrected chi connectivity index (χ3v) is 2.05. The average molecular weight is 200 g/mol. The van der Waals surface area contributed by atoms with Crippen molar-refractivity contribution in [1.82, 2.24) is 14.8 Å². The third-order valence-electron chi connectivity index (χ3n) is 2.05. The predicted octanol–water partition coefficient (Wildman–Crippen LogP) is 0.491. The number of nitriles is 1. The fraction of sp³-hybridized carbons (Fsp3) is 0.100. The van der Waals surface area contributed by atoms with Gasteiger partial charge in [-0.25, -0.2) is 9.89 Å². The van der Waals surface area contributed by atoms with E-state index >= 15 is 0 Å². The molecular formula is C10H8N4O. The lowest BCUT2D eigenvalue weighted by Gasteiger charge is -2.00. The molecule has 5 heteroatoms. The Morgan fingerprint density at radius 1 is 1.40 bits per heavy atom. The van der Waals surface area contributed by atoms with Gasteiger partial charge in [0.05, 0.1) is 18.2 Å². The van der Waals surface area contributed by atoms with Gasteiger partial charge in [0.25, 0.3) is 0 Å². The van der Waals surface area contributed by atoms with E-state index in [0.717, 1.165) is 5.56 Å². The standard InChI is InChI=1S/C10H8N4O/c11-5-8-1-3-9(4-2-8)6-14-7-12-13-10(14)15/h1-4,7H,6H2,(H,13,15). The van der Waals surface area contributed by atoms with Crippen LogP contribution in [-0.2, 0) is 6.54 Å². The normalized spacial score (nSPS) is 9.80. The molecule has 74 valence electrons. The summed E-state index contributed by atoms with van der Waals surface area (Å²) in [7, 11) is 0. The van der Waals surface area contributed by atoms with Gasteiger partial charge in [-0.15, -0.1) is 0 Å². The summed E-state index contributed by atoms with van der Waals surface area (Å²) in [6.45, 7) is 0.459. The van der Waals surface area contributed by atoms with E-state index in [9.17, 15) is 4.79 Å². The molecule has 0 aliphatic rings. The van der Waals surface area contributed by atoms with Gasteiger partial charge >= 0.3 is 5.69 Å². The molecule has 0 atom stereocenters. The van der Waals surface area contributed by atoms with Crippen LogP contribution in [0.15, 0.2) is 35.4 Å². The van der Waals surface area contributed by atoms with Crippen LogP contribution in [0.2, 0.25) is 0 Å². The van der Waals surface area contributed by atoms with Gasteiger partial charge in [0.15, 0.2) is 0 Å². The summed E-state index contributed by atoms with van der Waals surface area (Å²) in [6, 6.07) is 9.12. The number of hydrogen-bond donors (Lipinski definition) is 1. The van der Waals surface area contributed by atoms with Crippen molar-refractivity contribution in [2.75, 3.05) is 0 Å². The van der Waals surface area contributed by atoms with Crippen molar-refractivity contribution in [2.24, 2.45) is 0 Å². The lowest BCUT2D eigenvalue weighted by molar-refractivity contribution is 0.761. The number of aromatic amines is 1. The van der Waals surface area contributed by atoms with E-state index in [2.05, 4.69) is 10.2 Å².